The third-order valence-electron chi connectivity index (χ3n) is 9.00. The van der Waals surface area contributed by atoms with E-state index >= 15 is 0 Å². The van der Waals surface area contributed by atoms with Crippen LogP contribution >= 0.6 is 11.3 Å². The van der Waals surface area contributed by atoms with Crippen molar-refractivity contribution in [2.24, 2.45) is 0 Å². The summed E-state index contributed by atoms with van der Waals surface area (Å²) in [4.78, 5) is 4.94. The standard InChI is InChI=1S/C40H35N3S/c1-39(2,3)26-15-16-33-28(20-26)31-21-27(40(4,5)6)22-32(36(31)41-33)37-29-17-23-11-7-8-12-24(23)18-30(29)38(43-42-37)35-19-25-13-9-10-14-34(25)44-35/h7-22,41H,1-6H3. The summed E-state index contributed by atoms with van der Waals surface area (Å²) in [5.74, 6) is 0. The molecule has 0 bridgehead atoms. The van der Waals surface area contributed by atoms with E-state index in [0.717, 1.165) is 43.6 Å². The molecule has 0 fully saturated rings. The second-order valence-corrected chi connectivity index (χ2v) is 15.2. The van der Waals surface area contributed by atoms with Crippen LogP contribution in [0.15, 0.2) is 97.1 Å². The second-order valence-electron chi connectivity index (χ2n) is 14.1. The lowest BCUT2D eigenvalue weighted by atomic mass is 9.83. The Kier molecular flexibility index (Phi) is 5.82. The summed E-state index contributed by atoms with van der Waals surface area (Å²) in [6.07, 6.45) is 0. The van der Waals surface area contributed by atoms with Crippen LogP contribution in [0.3, 0.4) is 0 Å². The normalized spacial score (nSPS) is 12.8. The quantitative estimate of drug-likeness (QED) is 0.204. The first-order chi connectivity index (χ1) is 21.0. The van der Waals surface area contributed by atoms with Crippen LogP contribution in [0.1, 0.15) is 52.7 Å². The SMILES string of the molecule is CC(C)(C)c1ccc2[nH]c3c(-c4nnc(-c5cc6ccccc6s5)c5cc6ccccc6cc45)cc(C(C)(C)C)cc3c2c1. The van der Waals surface area contributed by atoms with Crippen molar-refractivity contribution in [1.29, 1.82) is 0 Å². The van der Waals surface area contributed by atoms with Crippen LogP contribution in [0.25, 0.3) is 75.3 Å². The Morgan fingerprint density at radius 1 is 0.545 bits per heavy atom. The van der Waals surface area contributed by atoms with Gasteiger partial charge in [-0.1, -0.05) is 90.1 Å². The van der Waals surface area contributed by atoms with Crippen LogP contribution < -0.4 is 0 Å². The van der Waals surface area contributed by atoms with E-state index in [1.54, 1.807) is 11.3 Å². The van der Waals surface area contributed by atoms with Crippen molar-refractivity contribution >= 4 is 64.8 Å². The van der Waals surface area contributed by atoms with Gasteiger partial charge < -0.3 is 4.98 Å². The lowest BCUT2D eigenvalue weighted by Gasteiger charge is -2.21. The zero-order valence-electron chi connectivity index (χ0n) is 26.0. The van der Waals surface area contributed by atoms with Crippen LogP contribution in [0.4, 0.5) is 0 Å². The number of nitrogens with zero attached hydrogens (tertiary/aromatic N) is 2. The maximum atomic E-state index is 5.07. The van der Waals surface area contributed by atoms with Crippen molar-refractivity contribution in [3.05, 3.63) is 108 Å². The molecule has 0 aliphatic heterocycles. The zero-order valence-corrected chi connectivity index (χ0v) is 26.9. The lowest BCUT2D eigenvalue weighted by molar-refractivity contribution is 0.590. The van der Waals surface area contributed by atoms with Gasteiger partial charge in [-0.3, -0.25) is 0 Å². The molecule has 8 aromatic rings. The Hall–Kier alpha value is -4.54. The maximum absolute atomic E-state index is 5.07. The lowest BCUT2D eigenvalue weighted by Crippen LogP contribution is -2.11. The summed E-state index contributed by atoms with van der Waals surface area (Å²) < 4.78 is 1.26. The summed E-state index contributed by atoms with van der Waals surface area (Å²) in [6, 6.07) is 35.6. The maximum Gasteiger partial charge on any atom is 0.111 e. The first-order valence-electron chi connectivity index (χ1n) is 15.3. The molecule has 0 aliphatic rings. The number of fused-ring (bicyclic) bond motifs is 6. The monoisotopic (exact) mass is 589 g/mol. The van der Waals surface area contributed by atoms with Crippen molar-refractivity contribution in [2.45, 2.75) is 52.4 Å². The molecule has 3 nitrogen and oxygen atoms in total. The predicted octanol–water partition coefficient (Wildman–Crippen LogP) is 11.6. The molecule has 4 heteroatoms. The summed E-state index contributed by atoms with van der Waals surface area (Å²) in [6.45, 7) is 13.7. The van der Waals surface area contributed by atoms with Gasteiger partial charge in [0.25, 0.3) is 0 Å². The van der Waals surface area contributed by atoms with Gasteiger partial charge in [-0.25, -0.2) is 0 Å². The highest BCUT2D eigenvalue weighted by atomic mass is 32.1. The predicted molar refractivity (Wildman–Crippen MR) is 190 cm³/mol. The molecule has 1 N–H and O–H groups in total. The van der Waals surface area contributed by atoms with E-state index < -0.39 is 0 Å². The molecule has 0 atom stereocenters. The molecular weight excluding hydrogens is 555 g/mol. The Morgan fingerprint density at radius 2 is 1.16 bits per heavy atom. The highest BCUT2D eigenvalue weighted by Gasteiger charge is 2.23. The minimum atomic E-state index is -0.0406. The van der Waals surface area contributed by atoms with Crippen molar-refractivity contribution < 1.29 is 0 Å². The van der Waals surface area contributed by atoms with E-state index in [0.29, 0.717) is 0 Å². The van der Waals surface area contributed by atoms with Crippen molar-refractivity contribution in [1.82, 2.24) is 15.2 Å². The minimum absolute atomic E-state index is 0.0406. The Bertz CT molecular complexity index is 2380. The first kappa shape index (κ1) is 27.0. The number of hydrogen-bond donors (Lipinski definition) is 1. The fourth-order valence-electron chi connectivity index (χ4n) is 6.41. The number of aromatic amines is 1. The van der Waals surface area contributed by atoms with Gasteiger partial charge in [0.1, 0.15) is 11.4 Å². The number of rotatable bonds is 2. The van der Waals surface area contributed by atoms with Crippen LogP contribution in [-0.4, -0.2) is 15.2 Å². The third kappa shape index (κ3) is 4.31. The van der Waals surface area contributed by atoms with Crippen molar-refractivity contribution in [3.63, 3.8) is 0 Å². The molecule has 3 heterocycles. The second kappa shape index (κ2) is 9.48. The number of H-pyrrole nitrogens is 1. The first-order valence-corrected chi connectivity index (χ1v) is 16.2. The van der Waals surface area contributed by atoms with Crippen LogP contribution in [0.5, 0.6) is 0 Å². The van der Waals surface area contributed by atoms with Gasteiger partial charge in [0, 0.05) is 37.3 Å². The van der Waals surface area contributed by atoms with E-state index in [-0.39, 0.29) is 10.8 Å². The minimum Gasteiger partial charge on any atom is -0.354 e. The number of aromatic nitrogens is 3. The molecule has 0 spiro atoms. The van der Waals surface area contributed by atoms with Gasteiger partial charge in [0.2, 0.25) is 0 Å². The molecule has 0 unspecified atom stereocenters. The van der Waals surface area contributed by atoms with E-state index in [9.17, 15) is 0 Å². The molecular formula is C40H35N3S. The molecule has 0 amide bonds. The van der Waals surface area contributed by atoms with Gasteiger partial charge in [-0.15, -0.1) is 21.5 Å². The highest BCUT2D eigenvalue weighted by Crippen LogP contribution is 2.43. The van der Waals surface area contributed by atoms with E-state index in [2.05, 4.69) is 144 Å². The Morgan fingerprint density at radius 3 is 1.84 bits per heavy atom. The van der Waals surface area contributed by atoms with Crippen LogP contribution in [0.2, 0.25) is 0 Å². The summed E-state index contributed by atoms with van der Waals surface area (Å²) in [5.41, 5.74) is 7.83. The molecule has 216 valence electrons. The fourth-order valence-corrected chi connectivity index (χ4v) is 7.47. The molecule has 0 saturated heterocycles. The fraction of sp³-hybridized carbons (Fsp3) is 0.200. The molecule has 8 rings (SSSR count). The summed E-state index contributed by atoms with van der Waals surface area (Å²) >= 11 is 1.78. The van der Waals surface area contributed by atoms with Crippen LogP contribution in [0, 0.1) is 0 Å². The van der Waals surface area contributed by atoms with E-state index in [1.807, 2.05) is 0 Å². The number of benzene rings is 5. The molecule has 0 radical (unpaired) electrons. The van der Waals surface area contributed by atoms with Gasteiger partial charge in [0.05, 0.1) is 10.4 Å². The van der Waals surface area contributed by atoms with Crippen LogP contribution in [-0.2, 0) is 10.8 Å². The molecule has 3 aromatic heterocycles. The van der Waals surface area contributed by atoms with Crippen molar-refractivity contribution in [3.8, 4) is 21.8 Å². The van der Waals surface area contributed by atoms with Gasteiger partial charge in [0.15, 0.2) is 0 Å². The van der Waals surface area contributed by atoms with Gasteiger partial charge in [-0.05, 0) is 86.6 Å². The Labute approximate surface area is 261 Å². The van der Waals surface area contributed by atoms with Gasteiger partial charge in [-0.2, -0.15) is 0 Å². The molecule has 0 saturated carbocycles. The smallest absolute Gasteiger partial charge is 0.111 e. The van der Waals surface area contributed by atoms with E-state index in [1.165, 1.54) is 42.8 Å². The highest BCUT2D eigenvalue weighted by molar-refractivity contribution is 7.22. The zero-order chi connectivity index (χ0) is 30.4. The largest absolute Gasteiger partial charge is 0.354 e. The molecule has 44 heavy (non-hydrogen) atoms. The average Bonchev–Trinajstić information content (AvgIpc) is 3.59. The Balaban J connectivity index is 1.47. The number of nitrogens with one attached hydrogen (secondary N) is 1. The number of hydrogen-bond acceptors (Lipinski definition) is 3. The third-order valence-corrected chi connectivity index (χ3v) is 10.1. The summed E-state index contributed by atoms with van der Waals surface area (Å²) in [5, 5.41) is 18.4. The average molecular weight is 590 g/mol. The van der Waals surface area contributed by atoms with E-state index in [4.69, 9.17) is 10.2 Å². The number of thiophene rings is 1. The van der Waals surface area contributed by atoms with Crippen molar-refractivity contribution in [2.75, 3.05) is 0 Å². The molecule has 0 aliphatic carbocycles. The topological polar surface area (TPSA) is 41.6 Å². The van der Waals surface area contributed by atoms with Gasteiger partial charge >= 0.3 is 0 Å². The summed E-state index contributed by atoms with van der Waals surface area (Å²) in [7, 11) is 0. The molecule has 5 aromatic carbocycles.